The predicted molar refractivity (Wildman–Crippen MR) is 327 cm³/mol. The third kappa shape index (κ3) is 15.4. The van der Waals surface area contributed by atoms with Gasteiger partial charge in [-0.25, -0.2) is 4.98 Å². The summed E-state index contributed by atoms with van der Waals surface area (Å²) in [6, 6.07) is 12.7. The SMILES string of the molecule is Cc1ncsc1-c1ccc(CNC(=O)[C@@H]2C[C@@H](O)CN2C(=O)[C@@H](NC(=O)COCC2CC(COCCNC(=O)C[C@@H]3N=C(c4ccc(Cl)cc4)c4c(sc(C)c4C)-n4c(C)nnc43)CN(C(=O)CCCCCN3C(=O)C=CC3=O)C2)C(C)(C)C)cc1. The molecule has 4 N–H and O–H groups in total. The fraction of sp³-hybridized carbons (Fsp3) is 0.500. The van der Waals surface area contributed by atoms with Crippen LogP contribution in [0.2, 0.25) is 5.02 Å². The number of β-amino-alcohol motifs (C(OH)–C–C–N with tert-alkyl or cyclic N) is 1. The first-order valence-corrected chi connectivity index (χ1v) is 31.4. The number of imide groups is 1. The molecule has 4 aliphatic heterocycles. The maximum Gasteiger partial charge on any atom is 0.253 e. The predicted octanol–water partition coefficient (Wildman–Crippen LogP) is 6.53. The lowest BCUT2D eigenvalue weighted by Gasteiger charge is -2.38. The van der Waals surface area contributed by atoms with Gasteiger partial charge in [0.1, 0.15) is 35.6 Å². The molecule has 21 nitrogen and oxygen atoms in total. The highest BCUT2D eigenvalue weighted by Crippen LogP contribution is 2.40. The largest absolute Gasteiger partial charge is 0.391 e. The number of nitrogens with zero attached hydrogens (tertiary/aromatic N) is 8. The van der Waals surface area contributed by atoms with E-state index < -0.39 is 47.4 Å². The lowest BCUT2D eigenvalue weighted by molar-refractivity contribution is -0.144. The van der Waals surface area contributed by atoms with Gasteiger partial charge in [-0.05, 0) is 81.2 Å². The number of aryl methyl sites for hydroxylation is 3. The number of thiazole rings is 1. The number of likely N-dealkylation sites (tertiary alicyclic amines) is 2. The Morgan fingerprint density at radius 1 is 0.837 bits per heavy atom. The van der Waals surface area contributed by atoms with Crippen molar-refractivity contribution in [2.75, 3.05) is 59.2 Å². The molecule has 0 aliphatic carbocycles. The first kappa shape index (κ1) is 63.5. The van der Waals surface area contributed by atoms with Crippen molar-refractivity contribution in [2.24, 2.45) is 22.2 Å². The molecule has 0 spiro atoms. The average molecular weight is 1230 g/mol. The number of carbonyl (C=O) groups is 7. The number of unbranched alkanes of at least 4 members (excludes halogenated alkanes) is 2. The minimum Gasteiger partial charge on any atom is -0.391 e. The number of halogens is 1. The summed E-state index contributed by atoms with van der Waals surface area (Å²) in [6.07, 6.45) is 4.27. The number of nitrogens with one attached hydrogen (secondary N) is 3. The third-order valence-corrected chi connectivity index (χ3v) is 18.5. The summed E-state index contributed by atoms with van der Waals surface area (Å²) >= 11 is 9.49. The van der Waals surface area contributed by atoms with Crippen LogP contribution in [0.1, 0.15) is 116 Å². The second-order valence-electron chi connectivity index (χ2n) is 23.7. The van der Waals surface area contributed by atoms with Crippen LogP contribution in [0.4, 0.5) is 0 Å². The van der Waals surface area contributed by atoms with E-state index in [9.17, 15) is 38.7 Å². The van der Waals surface area contributed by atoms with E-state index in [4.69, 9.17) is 26.1 Å². The zero-order valence-corrected chi connectivity index (χ0v) is 52.1. The van der Waals surface area contributed by atoms with Gasteiger partial charge < -0.3 is 40.3 Å². The number of aromatic nitrogens is 4. The molecule has 5 aromatic rings. The monoisotopic (exact) mass is 1230 g/mol. The van der Waals surface area contributed by atoms with Crippen LogP contribution in [0.3, 0.4) is 0 Å². The van der Waals surface area contributed by atoms with Crippen LogP contribution in [-0.2, 0) is 49.6 Å². The van der Waals surface area contributed by atoms with Crippen molar-refractivity contribution >= 4 is 81.3 Å². The normalized spacial score (nSPS) is 19.7. The number of benzene rings is 2. The number of hydrogen-bond donors (Lipinski definition) is 4. The topological polar surface area (TPSA) is 260 Å². The van der Waals surface area contributed by atoms with E-state index in [1.807, 2.05) is 87.7 Å². The molecule has 9 rings (SSSR count). The van der Waals surface area contributed by atoms with Gasteiger partial charge in [-0.1, -0.05) is 75.2 Å². The summed E-state index contributed by atoms with van der Waals surface area (Å²) in [5, 5.41) is 30.0. The number of aliphatic hydroxyl groups excluding tert-OH is 1. The molecule has 7 heterocycles. The van der Waals surface area contributed by atoms with Gasteiger partial charge in [-0.15, -0.1) is 32.9 Å². The van der Waals surface area contributed by atoms with E-state index in [-0.39, 0.29) is 107 Å². The van der Waals surface area contributed by atoms with Crippen molar-refractivity contribution in [1.82, 2.24) is 50.4 Å². The van der Waals surface area contributed by atoms with E-state index in [2.05, 4.69) is 45.0 Å². The molecule has 86 heavy (non-hydrogen) atoms. The first-order valence-electron chi connectivity index (χ1n) is 29.3. The fourth-order valence-corrected chi connectivity index (χ4v) is 13.6. The molecule has 6 atom stereocenters. The summed E-state index contributed by atoms with van der Waals surface area (Å²) in [7, 11) is 0. The zero-order chi connectivity index (χ0) is 61.4. The summed E-state index contributed by atoms with van der Waals surface area (Å²) in [5.41, 5.74) is 7.51. The molecule has 458 valence electrons. The molecule has 0 radical (unpaired) electrons. The Hall–Kier alpha value is -7.02. The van der Waals surface area contributed by atoms with Crippen LogP contribution in [0, 0.1) is 44.9 Å². The maximum atomic E-state index is 14.4. The molecule has 0 bridgehead atoms. The van der Waals surface area contributed by atoms with Gasteiger partial charge >= 0.3 is 0 Å². The minimum absolute atomic E-state index is 0.00838. The third-order valence-electron chi connectivity index (χ3n) is 16.1. The van der Waals surface area contributed by atoms with Crippen LogP contribution in [0.15, 0.2) is 71.2 Å². The van der Waals surface area contributed by atoms with E-state index in [1.165, 1.54) is 22.0 Å². The second kappa shape index (κ2) is 28.2. The number of ether oxygens (including phenoxy) is 2. The van der Waals surface area contributed by atoms with Crippen LogP contribution in [-0.4, -0.2) is 164 Å². The van der Waals surface area contributed by atoms with Crippen molar-refractivity contribution in [1.29, 1.82) is 0 Å². The van der Waals surface area contributed by atoms with E-state index in [1.54, 1.807) is 33.1 Å². The molecule has 4 aliphatic rings. The van der Waals surface area contributed by atoms with Gasteiger partial charge in [0.2, 0.25) is 29.5 Å². The van der Waals surface area contributed by atoms with Gasteiger partial charge in [0, 0.05) is 97.1 Å². The minimum atomic E-state index is -1.06. The number of hydrogen-bond acceptors (Lipinski definition) is 16. The molecule has 7 amide bonds. The number of carbonyl (C=O) groups excluding carboxylic acids is 7. The number of thiophene rings is 1. The first-order chi connectivity index (χ1) is 41.1. The Morgan fingerprint density at radius 3 is 2.22 bits per heavy atom. The van der Waals surface area contributed by atoms with Crippen LogP contribution < -0.4 is 16.0 Å². The van der Waals surface area contributed by atoms with E-state index in [0.29, 0.717) is 55.4 Å². The smallest absolute Gasteiger partial charge is 0.253 e. The number of amides is 7. The number of fused-ring (bicyclic) bond motifs is 3. The lowest BCUT2D eigenvalue weighted by Crippen LogP contribution is -2.58. The van der Waals surface area contributed by atoms with E-state index >= 15 is 0 Å². The average Bonchev–Trinajstić information content (AvgIpc) is 1.94. The van der Waals surface area contributed by atoms with Crippen molar-refractivity contribution in [2.45, 2.75) is 124 Å². The Bertz CT molecular complexity index is 3350. The van der Waals surface area contributed by atoms with Crippen LogP contribution in [0.25, 0.3) is 15.4 Å². The molecule has 2 fully saturated rings. The van der Waals surface area contributed by atoms with Gasteiger partial charge in [-0.3, -0.25) is 48.0 Å². The number of aliphatic imine (C=N–C) groups is 1. The second-order valence-corrected chi connectivity index (χ2v) is 26.2. The van der Waals surface area contributed by atoms with Gasteiger partial charge in [0.05, 0.1) is 54.1 Å². The van der Waals surface area contributed by atoms with Gasteiger partial charge in [-0.2, -0.15) is 0 Å². The Morgan fingerprint density at radius 2 is 1.53 bits per heavy atom. The summed E-state index contributed by atoms with van der Waals surface area (Å²) in [5.74, 6) is -1.45. The van der Waals surface area contributed by atoms with Crippen molar-refractivity contribution < 1.29 is 48.1 Å². The molecule has 24 heteroatoms. The maximum absolute atomic E-state index is 14.4. The van der Waals surface area contributed by atoms with Crippen LogP contribution >= 0.6 is 34.3 Å². The zero-order valence-electron chi connectivity index (χ0n) is 49.7. The molecule has 2 saturated heterocycles. The van der Waals surface area contributed by atoms with Gasteiger partial charge in [0.15, 0.2) is 5.82 Å². The van der Waals surface area contributed by atoms with Crippen LogP contribution in [0.5, 0.6) is 0 Å². The summed E-state index contributed by atoms with van der Waals surface area (Å²) in [4.78, 5) is 109. The molecule has 3 aromatic heterocycles. The fourth-order valence-electron chi connectivity index (χ4n) is 11.5. The molecular weight excluding hydrogens is 1160 g/mol. The highest BCUT2D eigenvalue weighted by molar-refractivity contribution is 7.15. The highest BCUT2D eigenvalue weighted by Gasteiger charge is 2.45. The molecule has 2 aromatic carbocycles. The number of aliphatic hydroxyl groups is 1. The Labute approximate surface area is 514 Å². The van der Waals surface area contributed by atoms with Crippen molar-refractivity contribution in [3.8, 4) is 15.4 Å². The molecule has 2 unspecified atom stereocenters. The molecular formula is C62H76ClN11O10S2. The summed E-state index contributed by atoms with van der Waals surface area (Å²) in [6.45, 7) is 15.1. The van der Waals surface area contributed by atoms with Gasteiger partial charge in [0.25, 0.3) is 11.8 Å². The van der Waals surface area contributed by atoms with Crippen molar-refractivity contribution in [3.63, 3.8) is 0 Å². The number of rotatable bonds is 24. The van der Waals surface area contributed by atoms with E-state index in [0.717, 1.165) is 54.0 Å². The lowest BCUT2D eigenvalue weighted by atomic mass is 9.85. The van der Waals surface area contributed by atoms with Crippen molar-refractivity contribution in [3.05, 3.63) is 116 Å². The molecule has 0 saturated carbocycles. The highest BCUT2D eigenvalue weighted by atomic mass is 35.5. The number of piperidine rings is 1. The quantitative estimate of drug-likeness (QED) is 0.0379. The standard InChI is InChI=1S/C62H76ClN11O10S2/c1-36-38(3)86-61-54(36)55(43-16-18-45(63)19-17-43)67-47(58-70-69-39(4)74(58)61)27-49(76)64-22-24-83-32-41-25-42(30-71(29-41)51(78)11-9-8-10-23-72-52(79)20-21-53(72)80)33-84-34-50(77)68-57(62(5,6)7)60(82)73-31-46(75)26-48(73)59(81)65-28-40-12-14-44(15-13-40)56-37(2)66-35-85-56/h12-21,35,41-42,46-48,57,75H,8-11,22-34H2,1-7H3,(H,64,76)(H,65,81)(H,68,77)/t41?,42?,46-,47+,48+,57-/m1/s1. The Balaban J connectivity index is 0.781. The summed E-state index contributed by atoms with van der Waals surface area (Å²) < 4.78 is 14.2. The Kier molecular flexibility index (Phi) is 20.8.